The third kappa shape index (κ3) is 3.51. The number of benzene rings is 2. The van der Waals surface area contributed by atoms with Crippen LogP contribution in [0.5, 0.6) is 11.5 Å². The first-order valence-corrected chi connectivity index (χ1v) is 8.20. The van der Waals surface area contributed by atoms with Crippen LogP contribution in [-0.2, 0) is 4.79 Å². The number of nitriles is 1. The van der Waals surface area contributed by atoms with E-state index < -0.39 is 17.8 Å². The van der Waals surface area contributed by atoms with Gasteiger partial charge in [0.2, 0.25) is 0 Å². The van der Waals surface area contributed by atoms with Gasteiger partial charge in [0, 0.05) is 12.6 Å². The van der Waals surface area contributed by atoms with E-state index in [9.17, 15) is 14.4 Å². The van der Waals surface area contributed by atoms with E-state index in [2.05, 4.69) is 0 Å². The average Bonchev–Trinajstić information content (AvgIpc) is 2.90. The third-order valence-electron chi connectivity index (χ3n) is 4.18. The molecular weight excluding hydrogens is 348 g/mol. The number of rotatable bonds is 5. The standard InChI is InChI=1S/C20H16N2O5/c1-12-3-5-14-15(9-12)20(25)22(19(14)24)8-7-18(23)27-16-6-4-13(11-21)10-17(16)26-2/h3-6,9-10H,7-8H2,1-2H3. The Labute approximate surface area is 155 Å². The van der Waals surface area contributed by atoms with Gasteiger partial charge in [0.15, 0.2) is 11.5 Å². The highest BCUT2D eigenvalue weighted by molar-refractivity contribution is 6.21. The number of ether oxygens (including phenoxy) is 2. The van der Waals surface area contributed by atoms with Gasteiger partial charge in [-0.3, -0.25) is 19.3 Å². The summed E-state index contributed by atoms with van der Waals surface area (Å²) in [5, 5.41) is 8.89. The van der Waals surface area contributed by atoms with Gasteiger partial charge in [0.05, 0.1) is 36.3 Å². The molecule has 0 radical (unpaired) electrons. The number of hydrogen-bond donors (Lipinski definition) is 0. The Morgan fingerprint density at radius 1 is 1.07 bits per heavy atom. The maximum Gasteiger partial charge on any atom is 0.313 e. The molecule has 2 amide bonds. The summed E-state index contributed by atoms with van der Waals surface area (Å²) in [5.41, 5.74) is 1.94. The van der Waals surface area contributed by atoms with Crippen LogP contribution in [0.3, 0.4) is 0 Å². The lowest BCUT2D eigenvalue weighted by Crippen LogP contribution is -2.32. The number of fused-ring (bicyclic) bond motifs is 1. The van der Waals surface area contributed by atoms with E-state index >= 15 is 0 Å². The van der Waals surface area contributed by atoms with E-state index in [0.29, 0.717) is 16.7 Å². The second-order valence-electron chi connectivity index (χ2n) is 6.01. The lowest BCUT2D eigenvalue weighted by molar-refractivity contribution is -0.134. The molecule has 0 saturated carbocycles. The molecule has 1 aliphatic heterocycles. The van der Waals surface area contributed by atoms with Gasteiger partial charge in [-0.05, 0) is 31.2 Å². The first kappa shape index (κ1) is 18.1. The fourth-order valence-electron chi connectivity index (χ4n) is 2.81. The SMILES string of the molecule is COc1cc(C#N)ccc1OC(=O)CCN1C(=O)c2ccc(C)cc2C1=O. The van der Waals surface area contributed by atoms with E-state index in [4.69, 9.17) is 14.7 Å². The van der Waals surface area contributed by atoms with Gasteiger partial charge in [0.1, 0.15) is 0 Å². The number of imide groups is 1. The largest absolute Gasteiger partial charge is 0.493 e. The second kappa shape index (κ2) is 7.30. The molecule has 0 spiro atoms. The fraction of sp³-hybridized carbons (Fsp3) is 0.200. The summed E-state index contributed by atoms with van der Waals surface area (Å²) in [6.07, 6.45) is -0.159. The molecule has 0 atom stereocenters. The highest BCUT2D eigenvalue weighted by atomic mass is 16.6. The zero-order valence-electron chi connectivity index (χ0n) is 14.8. The van der Waals surface area contributed by atoms with Gasteiger partial charge in [-0.25, -0.2) is 0 Å². The van der Waals surface area contributed by atoms with Crippen LogP contribution >= 0.6 is 0 Å². The molecule has 2 aromatic carbocycles. The van der Waals surface area contributed by atoms with Crippen LogP contribution in [0.4, 0.5) is 0 Å². The highest BCUT2D eigenvalue weighted by Crippen LogP contribution is 2.28. The lowest BCUT2D eigenvalue weighted by atomic mass is 10.1. The number of amides is 2. The minimum absolute atomic E-state index is 0.0805. The Morgan fingerprint density at radius 2 is 1.81 bits per heavy atom. The summed E-state index contributed by atoms with van der Waals surface area (Å²) in [6, 6.07) is 11.4. The second-order valence-corrected chi connectivity index (χ2v) is 6.01. The van der Waals surface area contributed by atoms with Crippen molar-refractivity contribution in [2.24, 2.45) is 0 Å². The molecule has 7 heteroatoms. The Hall–Kier alpha value is -3.66. The Balaban J connectivity index is 1.66. The van der Waals surface area contributed by atoms with Crippen LogP contribution in [0.15, 0.2) is 36.4 Å². The molecule has 0 bridgehead atoms. The van der Waals surface area contributed by atoms with E-state index in [1.807, 2.05) is 13.0 Å². The number of hydrogen-bond acceptors (Lipinski definition) is 6. The van der Waals surface area contributed by atoms with Crippen LogP contribution in [0.1, 0.15) is 38.3 Å². The summed E-state index contributed by atoms with van der Waals surface area (Å²) in [6.45, 7) is 1.76. The molecule has 3 rings (SSSR count). The van der Waals surface area contributed by atoms with Crippen molar-refractivity contribution in [3.63, 3.8) is 0 Å². The Morgan fingerprint density at radius 3 is 2.52 bits per heavy atom. The van der Waals surface area contributed by atoms with Gasteiger partial charge in [-0.1, -0.05) is 11.6 Å². The maximum absolute atomic E-state index is 12.4. The average molecular weight is 364 g/mol. The predicted octanol–water partition coefficient (Wildman–Crippen LogP) is 2.47. The summed E-state index contributed by atoms with van der Waals surface area (Å²) >= 11 is 0. The van der Waals surface area contributed by atoms with E-state index in [-0.39, 0.29) is 24.5 Å². The predicted molar refractivity (Wildman–Crippen MR) is 94.5 cm³/mol. The van der Waals surface area contributed by atoms with Crippen LogP contribution < -0.4 is 9.47 Å². The Kier molecular flexibility index (Phi) is 4.90. The number of nitrogens with zero attached hydrogens (tertiary/aromatic N) is 2. The molecule has 0 saturated heterocycles. The zero-order valence-corrected chi connectivity index (χ0v) is 14.8. The molecule has 1 heterocycles. The molecule has 0 N–H and O–H groups in total. The number of methoxy groups -OCH3 is 1. The van der Waals surface area contributed by atoms with Crippen molar-refractivity contribution in [3.05, 3.63) is 58.7 Å². The smallest absolute Gasteiger partial charge is 0.313 e. The van der Waals surface area contributed by atoms with E-state index in [0.717, 1.165) is 10.5 Å². The molecule has 2 aromatic rings. The van der Waals surface area contributed by atoms with E-state index in [1.165, 1.54) is 25.3 Å². The minimum atomic E-state index is -0.620. The molecule has 27 heavy (non-hydrogen) atoms. The maximum atomic E-state index is 12.4. The molecular formula is C20H16N2O5. The number of esters is 1. The molecule has 7 nitrogen and oxygen atoms in total. The van der Waals surface area contributed by atoms with Crippen LogP contribution in [0.25, 0.3) is 0 Å². The van der Waals surface area contributed by atoms with Crippen molar-refractivity contribution in [2.45, 2.75) is 13.3 Å². The van der Waals surface area contributed by atoms with Crippen molar-refractivity contribution in [1.29, 1.82) is 5.26 Å². The summed E-state index contributed by atoms with van der Waals surface area (Å²) in [7, 11) is 1.40. The van der Waals surface area contributed by atoms with E-state index in [1.54, 1.807) is 18.2 Å². The summed E-state index contributed by atoms with van der Waals surface area (Å²) in [5.74, 6) is -1.04. The van der Waals surface area contributed by atoms with Crippen LogP contribution in [-0.4, -0.2) is 36.3 Å². The van der Waals surface area contributed by atoms with Crippen molar-refractivity contribution in [1.82, 2.24) is 4.90 Å². The quantitative estimate of drug-likeness (QED) is 0.459. The number of carbonyl (C=O) groups is 3. The van der Waals surface area contributed by atoms with Gasteiger partial charge in [-0.2, -0.15) is 5.26 Å². The minimum Gasteiger partial charge on any atom is -0.493 e. The van der Waals surface area contributed by atoms with Gasteiger partial charge >= 0.3 is 5.97 Å². The first-order chi connectivity index (χ1) is 12.9. The number of aryl methyl sites for hydroxylation is 1. The topological polar surface area (TPSA) is 96.7 Å². The lowest BCUT2D eigenvalue weighted by Gasteiger charge is -2.14. The molecule has 0 unspecified atom stereocenters. The monoisotopic (exact) mass is 364 g/mol. The fourth-order valence-corrected chi connectivity index (χ4v) is 2.81. The summed E-state index contributed by atoms with van der Waals surface area (Å²) in [4.78, 5) is 37.9. The van der Waals surface area contributed by atoms with Crippen LogP contribution in [0.2, 0.25) is 0 Å². The summed E-state index contributed by atoms with van der Waals surface area (Å²) < 4.78 is 10.3. The van der Waals surface area contributed by atoms with Gasteiger partial charge in [0.25, 0.3) is 11.8 Å². The molecule has 0 aliphatic carbocycles. The molecule has 0 aromatic heterocycles. The molecule has 1 aliphatic rings. The normalized spacial score (nSPS) is 12.6. The van der Waals surface area contributed by atoms with Crippen molar-refractivity contribution >= 4 is 17.8 Å². The van der Waals surface area contributed by atoms with Gasteiger partial charge < -0.3 is 9.47 Å². The van der Waals surface area contributed by atoms with Crippen molar-refractivity contribution in [3.8, 4) is 17.6 Å². The van der Waals surface area contributed by atoms with Gasteiger partial charge in [-0.15, -0.1) is 0 Å². The molecule has 0 fully saturated rings. The first-order valence-electron chi connectivity index (χ1n) is 8.20. The highest BCUT2D eigenvalue weighted by Gasteiger charge is 2.35. The zero-order chi connectivity index (χ0) is 19.6. The Bertz CT molecular complexity index is 990. The number of carbonyl (C=O) groups excluding carboxylic acids is 3. The van der Waals surface area contributed by atoms with Crippen LogP contribution in [0, 0.1) is 18.3 Å². The van der Waals surface area contributed by atoms with Crippen molar-refractivity contribution < 1.29 is 23.9 Å². The third-order valence-corrected chi connectivity index (χ3v) is 4.18. The molecule has 136 valence electrons. The van der Waals surface area contributed by atoms with Crippen molar-refractivity contribution in [2.75, 3.05) is 13.7 Å².